The van der Waals surface area contributed by atoms with Crippen LogP contribution in [-0.2, 0) is 4.79 Å². The summed E-state index contributed by atoms with van der Waals surface area (Å²) in [5, 5.41) is 6.30. The van der Waals surface area contributed by atoms with Gasteiger partial charge in [0.15, 0.2) is 5.60 Å². The number of ether oxygens (including phenoxy) is 1. The van der Waals surface area contributed by atoms with Gasteiger partial charge in [0.25, 0.3) is 5.91 Å². The zero-order valence-corrected chi connectivity index (χ0v) is 22.2. The Bertz CT molecular complexity index is 1420. The third-order valence-corrected chi connectivity index (χ3v) is 8.81. The van der Waals surface area contributed by atoms with Gasteiger partial charge in [-0.3, -0.25) is 9.69 Å². The number of fused-ring (bicyclic) bond motifs is 6. The van der Waals surface area contributed by atoms with E-state index in [0.717, 1.165) is 48.0 Å². The van der Waals surface area contributed by atoms with E-state index in [0.29, 0.717) is 17.4 Å². The largest absolute Gasteiger partial charge is 0.476 e. The lowest BCUT2D eigenvalue weighted by atomic mass is 9.96. The minimum atomic E-state index is -0.918. The van der Waals surface area contributed by atoms with Crippen molar-refractivity contribution in [3.8, 4) is 17.0 Å². The van der Waals surface area contributed by atoms with E-state index in [-0.39, 0.29) is 5.91 Å². The molecule has 3 aliphatic heterocycles. The third-order valence-electron chi connectivity index (χ3n) is 8.81. The van der Waals surface area contributed by atoms with Gasteiger partial charge in [-0.2, -0.15) is 0 Å². The highest BCUT2D eigenvalue weighted by atomic mass is 16.5. The summed E-state index contributed by atoms with van der Waals surface area (Å²) in [5.74, 6) is 1.91. The van der Waals surface area contributed by atoms with E-state index in [4.69, 9.17) is 9.72 Å². The van der Waals surface area contributed by atoms with Gasteiger partial charge < -0.3 is 20.3 Å². The van der Waals surface area contributed by atoms with Crippen LogP contribution in [0.25, 0.3) is 11.3 Å². The second kappa shape index (κ2) is 8.70. The van der Waals surface area contributed by atoms with Crippen LogP contribution in [0.3, 0.4) is 0 Å². The zero-order valence-electron chi connectivity index (χ0n) is 22.2. The van der Waals surface area contributed by atoms with Gasteiger partial charge >= 0.3 is 0 Å². The number of aromatic nitrogens is 2. The molecule has 2 aromatic carbocycles. The van der Waals surface area contributed by atoms with E-state index in [1.165, 1.54) is 37.1 Å². The Hall–Kier alpha value is -3.65. The number of hydrogen-bond donors (Lipinski definition) is 2. The predicted molar refractivity (Wildman–Crippen MR) is 149 cm³/mol. The summed E-state index contributed by atoms with van der Waals surface area (Å²) in [6, 6.07) is 15.7. The molecule has 1 saturated carbocycles. The first kappa shape index (κ1) is 23.5. The Morgan fingerprint density at radius 2 is 2.00 bits per heavy atom. The molecule has 4 heterocycles. The molecule has 3 atom stereocenters. The fraction of sp³-hybridized carbons (Fsp3) is 0.433. The number of nitrogens with one attached hydrogen (secondary N) is 2. The van der Waals surface area contributed by atoms with E-state index in [9.17, 15) is 4.79 Å². The van der Waals surface area contributed by atoms with Crippen LogP contribution < -0.4 is 20.3 Å². The van der Waals surface area contributed by atoms with Crippen molar-refractivity contribution in [2.24, 2.45) is 5.92 Å². The minimum Gasteiger partial charge on any atom is -0.476 e. The van der Waals surface area contributed by atoms with Gasteiger partial charge in [0.05, 0.1) is 11.4 Å². The van der Waals surface area contributed by atoms with Gasteiger partial charge in [-0.25, -0.2) is 9.97 Å². The molecule has 1 aromatic heterocycles. The number of anilines is 4. The normalized spacial score (nSPS) is 25.4. The van der Waals surface area contributed by atoms with Crippen LogP contribution in [0.15, 0.2) is 48.7 Å². The lowest BCUT2D eigenvalue weighted by molar-refractivity contribution is -0.129. The Balaban J connectivity index is 1.07. The molecule has 1 aliphatic carbocycles. The number of aryl methyl sites for hydroxylation is 1. The molecule has 196 valence electrons. The first-order valence-corrected chi connectivity index (χ1v) is 13.7. The Morgan fingerprint density at radius 3 is 2.87 bits per heavy atom. The number of benzene rings is 2. The average molecular weight is 511 g/mol. The number of carbonyl (C=O) groups is 1. The number of piperazine rings is 1. The summed E-state index contributed by atoms with van der Waals surface area (Å²) in [6.07, 6.45) is 5.98. The first-order valence-electron chi connectivity index (χ1n) is 13.7. The van der Waals surface area contributed by atoms with Gasteiger partial charge in [-0.05, 0) is 87.9 Å². The number of piperidine rings is 1. The molecule has 38 heavy (non-hydrogen) atoms. The molecule has 3 unspecified atom stereocenters. The molecule has 2 bridgehead atoms. The van der Waals surface area contributed by atoms with Crippen molar-refractivity contribution in [3.05, 3.63) is 54.2 Å². The van der Waals surface area contributed by atoms with E-state index in [2.05, 4.69) is 50.5 Å². The molecule has 2 saturated heterocycles. The number of rotatable bonds is 4. The molecule has 7 rings (SSSR count). The van der Waals surface area contributed by atoms with Gasteiger partial charge in [0.1, 0.15) is 5.75 Å². The van der Waals surface area contributed by atoms with Gasteiger partial charge in [-0.1, -0.05) is 6.07 Å². The Labute approximate surface area is 223 Å². The highest BCUT2D eigenvalue weighted by molar-refractivity contribution is 6.00. The van der Waals surface area contributed by atoms with E-state index >= 15 is 0 Å². The van der Waals surface area contributed by atoms with Crippen molar-refractivity contribution in [3.63, 3.8) is 0 Å². The van der Waals surface area contributed by atoms with Gasteiger partial charge in [0, 0.05) is 54.9 Å². The molecule has 3 aromatic rings. The molecule has 0 radical (unpaired) electrons. The number of hydrogen-bond acceptors (Lipinski definition) is 7. The monoisotopic (exact) mass is 510 g/mol. The summed E-state index contributed by atoms with van der Waals surface area (Å²) in [4.78, 5) is 26.8. The lowest BCUT2D eigenvalue weighted by Crippen LogP contribution is -2.55. The summed E-state index contributed by atoms with van der Waals surface area (Å²) < 4.78 is 5.95. The van der Waals surface area contributed by atoms with Crippen LogP contribution in [0, 0.1) is 12.8 Å². The van der Waals surface area contributed by atoms with Crippen molar-refractivity contribution in [1.29, 1.82) is 0 Å². The predicted octanol–water partition coefficient (Wildman–Crippen LogP) is 4.98. The van der Waals surface area contributed by atoms with Crippen LogP contribution in [-0.4, -0.2) is 58.1 Å². The van der Waals surface area contributed by atoms with Crippen molar-refractivity contribution < 1.29 is 9.53 Å². The maximum atomic E-state index is 12.2. The van der Waals surface area contributed by atoms with Crippen molar-refractivity contribution >= 4 is 28.9 Å². The minimum absolute atomic E-state index is 0.152. The summed E-state index contributed by atoms with van der Waals surface area (Å²) in [7, 11) is 0. The maximum absolute atomic E-state index is 12.2. The smallest absolute Gasteiger partial charge is 0.268 e. The van der Waals surface area contributed by atoms with Crippen LogP contribution in [0.1, 0.15) is 38.7 Å². The number of amides is 1. The molecular formula is C30H34N6O2. The van der Waals surface area contributed by atoms with E-state index < -0.39 is 5.60 Å². The lowest BCUT2D eigenvalue weighted by Gasteiger charge is -2.45. The fourth-order valence-corrected chi connectivity index (χ4v) is 6.82. The number of carbonyl (C=O) groups excluding carboxylic acids is 1. The van der Waals surface area contributed by atoms with Crippen molar-refractivity contribution in [1.82, 2.24) is 14.9 Å². The van der Waals surface area contributed by atoms with Crippen LogP contribution in [0.4, 0.5) is 23.0 Å². The quantitative estimate of drug-likeness (QED) is 0.512. The first-order chi connectivity index (χ1) is 18.3. The van der Waals surface area contributed by atoms with Gasteiger partial charge in [-0.15, -0.1) is 0 Å². The summed E-state index contributed by atoms with van der Waals surface area (Å²) in [6.45, 7) is 9.14. The second-order valence-corrected chi connectivity index (χ2v) is 11.6. The highest BCUT2D eigenvalue weighted by Gasteiger charge is 2.47. The maximum Gasteiger partial charge on any atom is 0.268 e. The molecule has 3 fully saturated rings. The molecule has 2 N–H and O–H groups in total. The molecular weight excluding hydrogens is 476 g/mol. The molecule has 0 spiro atoms. The van der Waals surface area contributed by atoms with Crippen molar-refractivity contribution in [2.45, 2.75) is 57.7 Å². The Morgan fingerprint density at radius 1 is 1.11 bits per heavy atom. The summed E-state index contributed by atoms with van der Waals surface area (Å²) in [5.41, 5.74) is 4.99. The standard InChI is InChI=1S/C30H34N6O2/c1-18-14-21(6-9-25(18)35-12-13-36-22-7-4-20(15-22)26(36)17-35)32-29-31-11-10-23(34-29)19-5-8-24-27(16-19)38-30(2,3)28(37)33-24/h5-6,8-11,14,16,20,22,26H,4,7,12-13,15,17H2,1-3H3,(H,33,37)(H,31,32,34). The Kier molecular flexibility index (Phi) is 5.37. The van der Waals surface area contributed by atoms with Gasteiger partial charge in [0.2, 0.25) is 5.95 Å². The van der Waals surface area contributed by atoms with E-state index in [1.807, 2.05) is 24.3 Å². The second-order valence-electron chi connectivity index (χ2n) is 11.6. The van der Waals surface area contributed by atoms with Crippen LogP contribution in [0.5, 0.6) is 5.75 Å². The fourth-order valence-electron chi connectivity index (χ4n) is 6.82. The van der Waals surface area contributed by atoms with Crippen molar-refractivity contribution in [2.75, 3.05) is 35.2 Å². The topological polar surface area (TPSA) is 82.6 Å². The van der Waals surface area contributed by atoms with Crippen LogP contribution >= 0.6 is 0 Å². The summed E-state index contributed by atoms with van der Waals surface area (Å²) >= 11 is 0. The SMILES string of the molecule is Cc1cc(Nc2nccc(-c3ccc4c(c3)OC(C)(C)C(=O)N4)n2)ccc1N1CCN2C3CCC(C3)C2C1. The molecule has 8 heteroatoms. The molecule has 4 aliphatic rings. The highest BCUT2D eigenvalue weighted by Crippen LogP contribution is 2.44. The molecule has 1 amide bonds. The zero-order chi connectivity index (χ0) is 26.0. The van der Waals surface area contributed by atoms with Crippen LogP contribution in [0.2, 0.25) is 0 Å². The van der Waals surface area contributed by atoms with E-state index in [1.54, 1.807) is 20.0 Å². The third kappa shape index (κ3) is 3.98. The molecule has 8 nitrogen and oxygen atoms in total. The average Bonchev–Trinajstić information content (AvgIpc) is 3.52. The number of nitrogens with zero attached hydrogens (tertiary/aromatic N) is 4.